The zero-order chi connectivity index (χ0) is 14.6. The summed E-state index contributed by atoms with van der Waals surface area (Å²) >= 11 is 1.05. The summed E-state index contributed by atoms with van der Waals surface area (Å²) in [5, 5.41) is 7.89. The van der Waals surface area contributed by atoms with E-state index in [1.165, 1.54) is 7.11 Å². The SMILES string of the molecule is COC(=O)C(N)CSC1CC(=O)N(CC(=O)O)C1=O. The van der Waals surface area contributed by atoms with E-state index in [-0.39, 0.29) is 12.2 Å². The van der Waals surface area contributed by atoms with Gasteiger partial charge in [-0.1, -0.05) is 0 Å². The van der Waals surface area contributed by atoms with Crippen LogP contribution in [-0.2, 0) is 23.9 Å². The van der Waals surface area contributed by atoms with E-state index in [1.807, 2.05) is 0 Å². The number of amides is 2. The number of aliphatic carboxylic acids is 1. The monoisotopic (exact) mass is 290 g/mol. The first-order valence-electron chi connectivity index (χ1n) is 5.37. The highest BCUT2D eigenvalue weighted by atomic mass is 32.2. The van der Waals surface area contributed by atoms with Gasteiger partial charge < -0.3 is 15.6 Å². The fourth-order valence-electron chi connectivity index (χ4n) is 1.52. The molecule has 106 valence electrons. The molecular formula is C10H14N2O6S. The first-order chi connectivity index (χ1) is 8.86. The number of carbonyl (C=O) groups excluding carboxylic acids is 3. The Hall–Kier alpha value is -1.61. The number of hydrogen-bond donors (Lipinski definition) is 2. The number of carboxylic acid groups (broad SMARTS) is 1. The smallest absolute Gasteiger partial charge is 0.323 e. The molecule has 0 saturated carbocycles. The third kappa shape index (κ3) is 3.93. The molecule has 0 aromatic carbocycles. The predicted molar refractivity (Wildman–Crippen MR) is 65.2 cm³/mol. The van der Waals surface area contributed by atoms with Crippen LogP contribution in [0.1, 0.15) is 6.42 Å². The third-order valence-electron chi connectivity index (χ3n) is 2.48. The lowest BCUT2D eigenvalue weighted by Crippen LogP contribution is -2.37. The number of nitrogens with zero attached hydrogens (tertiary/aromatic N) is 1. The maximum Gasteiger partial charge on any atom is 0.323 e. The van der Waals surface area contributed by atoms with Gasteiger partial charge in [0.05, 0.1) is 12.4 Å². The number of likely N-dealkylation sites (tertiary alicyclic amines) is 1. The summed E-state index contributed by atoms with van der Waals surface area (Å²) in [6, 6.07) is -0.883. The molecule has 2 atom stereocenters. The minimum absolute atomic E-state index is 0.0787. The van der Waals surface area contributed by atoms with Crippen LogP contribution in [0.2, 0.25) is 0 Å². The first kappa shape index (κ1) is 15.4. The second kappa shape index (κ2) is 6.53. The molecule has 0 aromatic rings. The minimum atomic E-state index is -1.25. The molecule has 19 heavy (non-hydrogen) atoms. The number of hydrogen-bond acceptors (Lipinski definition) is 7. The lowest BCUT2D eigenvalue weighted by Gasteiger charge is -2.13. The summed E-state index contributed by atoms with van der Waals surface area (Å²) in [4.78, 5) is 45.5. The topological polar surface area (TPSA) is 127 Å². The summed E-state index contributed by atoms with van der Waals surface area (Å²) in [6.07, 6.45) is -0.0787. The molecule has 1 fully saturated rings. The van der Waals surface area contributed by atoms with Crippen LogP contribution in [0.25, 0.3) is 0 Å². The molecule has 1 rings (SSSR count). The van der Waals surface area contributed by atoms with Crippen molar-refractivity contribution in [3.8, 4) is 0 Å². The van der Waals surface area contributed by atoms with Crippen molar-refractivity contribution >= 4 is 35.5 Å². The molecule has 1 aliphatic heterocycles. The van der Waals surface area contributed by atoms with Crippen LogP contribution in [0.3, 0.4) is 0 Å². The van der Waals surface area contributed by atoms with E-state index in [0.29, 0.717) is 4.90 Å². The molecule has 9 heteroatoms. The highest BCUT2D eigenvalue weighted by molar-refractivity contribution is 8.00. The highest BCUT2D eigenvalue weighted by Gasteiger charge is 2.40. The van der Waals surface area contributed by atoms with Crippen molar-refractivity contribution in [1.29, 1.82) is 0 Å². The average Bonchev–Trinajstić information content (AvgIpc) is 2.62. The van der Waals surface area contributed by atoms with Gasteiger partial charge in [-0.3, -0.25) is 24.1 Å². The summed E-state index contributed by atoms with van der Waals surface area (Å²) in [5.74, 6) is -2.83. The molecule has 8 nitrogen and oxygen atoms in total. The number of nitrogens with two attached hydrogens (primary N) is 1. The van der Waals surface area contributed by atoms with Gasteiger partial charge in [0.15, 0.2) is 0 Å². The van der Waals surface area contributed by atoms with Crippen molar-refractivity contribution in [3.63, 3.8) is 0 Å². The number of carboxylic acids is 1. The Morgan fingerprint density at radius 3 is 2.74 bits per heavy atom. The van der Waals surface area contributed by atoms with Crippen molar-refractivity contribution in [2.45, 2.75) is 17.7 Å². The number of carbonyl (C=O) groups is 4. The molecule has 0 aromatic heterocycles. The van der Waals surface area contributed by atoms with Crippen LogP contribution in [0.5, 0.6) is 0 Å². The van der Waals surface area contributed by atoms with Crippen LogP contribution in [0.4, 0.5) is 0 Å². The van der Waals surface area contributed by atoms with Gasteiger partial charge >= 0.3 is 11.9 Å². The number of ether oxygens (including phenoxy) is 1. The van der Waals surface area contributed by atoms with Crippen molar-refractivity contribution in [2.75, 3.05) is 19.4 Å². The number of esters is 1. The molecule has 0 aliphatic carbocycles. The molecule has 1 saturated heterocycles. The Morgan fingerprint density at radius 2 is 2.21 bits per heavy atom. The molecular weight excluding hydrogens is 276 g/mol. The van der Waals surface area contributed by atoms with Crippen LogP contribution in [0, 0.1) is 0 Å². The van der Waals surface area contributed by atoms with Gasteiger partial charge in [0.2, 0.25) is 11.8 Å². The highest BCUT2D eigenvalue weighted by Crippen LogP contribution is 2.25. The van der Waals surface area contributed by atoms with E-state index in [2.05, 4.69) is 4.74 Å². The number of thioether (sulfide) groups is 1. The number of methoxy groups -OCH3 is 1. The van der Waals surface area contributed by atoms with E-state index >= 15 is 0 Å². The molecule has 1 aliphatic rings. The van der Waals surface area contributed by atoms with Crippen LogP contribution in [0.15, 0.2) is 0 Å². The Morgan fingerprint density at radius 1 is 1.58 bits per heavy atom. The Kier molecular flexibility index (Phi) is 5.31. The third-order valence-corrected chi connectivity index (χ3v) is 3.80. The van der Waals surface area contributed by atoms with Gasteiger partial charge in [-0.2, -0.15) is 0 Å². The van der Waals surface area contributed by atoms with Crippen molar-refractivity contribution < 1.29 is 29.0 Å². The largest absolute Gasteiger partial charge is 0.480 e. The van der Waals surface area contributed by atoms with Crippen LogP contribution in [-0.4, -0.2) is 64.5 Å². The maximum absolute atomic E-state index is 11.8. The summed E-state index contributed by atoms with van der Waals surface area (Å²) in [7, 11) is 1.20. The predicted octanol–water partition coefficient (Wildman–Crippen LogP) is -1.57. The summed E-state index contributed by atoms with van der Waals surface area (Å²) in [6.45, 7) is -0.641. The van der Waals surface area contributed by atoms with E-state index in [9.17, 15) is 19.2 Å². The second-order valence-corrected chi connectivity index (χ2v) is 5.10. The standard InChI is InChI=1S/C10H14N2O6S/c1-18-10(17)5(11)4-19-6-2-7(13)12(9(6)16)3-8(14)15/h5-6H,2-4,11H2,1H3,(H,14,15). The van der Waals surface area contributed by atoms with Gasteiger partial charge in [-0.15, -0.1) is 11.8 Å². The van der Waals surface area contributed by atoms with Gasteiger partial charge in [-0.05, 0) is 0 Å². The Labute approximate surface area is 113 Å². The molecule has 3 N–H and O–H groups in total. The van der Waals surface area contributed by atoms with E-state index in [0.717, 1.165) is 11.8 Å². The maximum atomic E-state index is 11.8. The van der Waals surface area contributed by atoms with Crippen LogP contribution >= 0.6 is 11.8 Å². The normalized spacial score (nSPS) is 20.5. The fraction of sp³-hybridized carbons (Fsp3) is 0.600. The second-order valence-electron chi connectivity index (χ2n) is 3.87. The Bertz CT molecular complexity index is 413. The van der Waals surface area contributed by atoms with Gasteiger partial charge in [0.1, 0.15) is 12.6 Å². The quantitative estimate of drug-likeness (QED) is 0.444. The van der Waals surface area contributed by atoms with E-state index < -0.39 is 41.6 Å². The van der Waals surface area contributed by atoms with Gasteiger partial charge in [-0.25, -0.2) is 0 Å². The average molecular weight is 290 g/mol. The zero-order valence-corrected chi connectivity index (χ0v) is 11.0. The van der Waals surface area contributed by atoms with E-state index in [1.54, 1.807) is 0 Å². The molecule has 1 heterocycles. The van der Waals surface area contributed by atoms with E-state index in [4.69, 9.17) is 10.8 Å². The fourth-order valence-corrected chi connectivity index (χ4v) is 2.63. The molecule has 0 radical (unpaired) electrons. The summed E-state index contributed by atoms with van der Waals surface area (Å²) < 4.78 is 4.43. The van der Waals surface area contributed by atoms with Crippen LogP contribution < -0.4 is 5.73 Å². The lowest BCUT2D eigenvalue weighted by atomic mass is 10.3. The molecule has 0 spiro atoms. The lowest BCUT2D eigenvalue weighted by molar-refractivity contribution is -0.148. The van der Waals surface area contributed by atoms with Crippen molar-refractivity contribution in [1.82, 2.24) is 4.90 Å². The summed E-state index contributed by atoms with van der Waals surface area (Å²) in [5.41, 5.74) is 5.50. The molecule has 2 amide bonds. The first-order valence-corrected chi connectivity index (χ1v) is 6.42. The minimum Gasteiger partial charge on any atom is -0.480 e. The van der Waals surface area contributed by atoms with Gasteiger partial charge in [0.25, 0.3) is 0 Å². The molecule has 0 bridgehead atoms. The zero-order valence-electron chi connectivity index (χ0n) is 10.2. The van der Waals surface area contributed by atoms with Gasteiger partial charge in [0, 0.05) is 12.2 Å². The number of imide groups is 1. The Balaban J connectivity index is 2.53. The molecule has 2 unspecified atom stereocenters. The number of rotatable bonds is 6. The van der Waals surface area contributed by atoms with Crippen molar-refractivity contribution in [2.24, 2.45) is 5.73 Å². The van der Waals surface area contributed by atoms with Crippen molar-refractivity contribution in [3.05, 3.63) is 0 Å².